The molecule has 3 aromatic rings. The number of fused-ring (bicyclic) bond motifs is 1. The number of hydrogen-bond acceptors (Lipinski definition) is 4. The van der Waals surface area contributed by atoms with Crippen molar-refractivity contribution in [2.45, 2.75) is 39.0 Å². The Labute approximate surface area is 171 Å². The Kier molecular flexibility index (Phi) is 6.36. The minimum absolute atomic E-state index is 0.108. The number of nitrogens with one attached hydrogen (secondary N) is 1. The number of alkyl halides is 1. The maximum atomic E-state index is 13.9. The summed E-state index contributed by atoms with van der Waals surface area (Å²) >= 11 is 6.13. The third-order valence-corrected chi connectivity index (χ3v) is 4.65. The predicted octanol–water partition coefficient (Wildman–Crippen LogP) is 4.97. The molecule has 3 rings (SSSR count). The van der Waals surface area contributed by atoms with Gasteiger partial charge in [0.2, 0.25) is 0 Å². The van der Waals surface area contributed by atoms with E-state index >= 15 is 0 Å². The summed E-state index contributed by atoms with van der Waals surface area (Å²) in [6.07, 6.45) is -1.14. The Balaban J connectivity index is 2.04. The Morgan fingerprint density at radius 2 is 2.00 bits per heavy atom. The number of anilines is 1. The van der Waals surface area contributed by atoms with Gasteiger partial charge >= 0.3 is 0 Å². The van der Waals surface area contributed by atoms with Gasteiger partial charge in [0.1, 0.15) is 34.2 Å². The highest BCUT2D eigenvalue weighted by molar-refractivity contribution is 6.30. The Bertz CT molecular complexity index is 1080. The molecule has 3 N–H and O–H groups in total. The number of nitrogens with zero attached hydrogens (tertiary/aromatic N) is 1. The van der Waals surface area contributed by atoms with Crippen molar-refractivity contribution in [2.75, 3.05) is 5.32 Å². The Morgan fingerprint density at radius 1 is 1.31 bits per heavy atom. The maximum Gasteiger partial charge on any atom is 0.177 e. The van der Waals surface area contributed by atoms with Crippen LogP contribution in [0.15, 0.2) is 28.7 Å². The Hall–Kier alpha value is -2.69. The van der Waals surface area contributed by atoms with Crippen molar-refractivity contribution < 1.29 is 17.6 Å². The molecular weight excluding hydrogens is 403 g/mol. The molecule has 0 saturated carbocycles. The average molecular weight is 422 g/mol. The molecule has 8 heteroatoms. The van der Waals surface area contributed by atoms with E-state index < -0.39 is 23.8 Å². The molecule has 152 valence electrons. The largest absolute Gasteiger partial charge is 0.456 e. The van der Waals surface area contributed by atoms with Gasteiger partial charge in [0.15, 0.2) is 5.58 Å². The molecule has 2 aromatic heterocycles. The first-order valence-corrected chi connectivity index (χ1v) is 9.30. The van der Waals surface area contributed by atoms with Gasteiger partial charge in [-0.1, -0.05) is 23.6 Å². The summed E-state index contributed by atoms with van der Waals surface area (Å²) in [6, 6.07) is 4.34. The molecule has 0 fully saturated rings. The van der Waals surface area contributed by atoms with E-state index in [4.69, 9.17) is 21.8 Å². The first kappa shape index (κ1) is 21.0. The number of rotatable bonds is 6. The van der Waals surface area contributed by atoms with Gasteiger partial charge < -0.3 is 15.5 Å². The summed E-state index contributed by atoms with van der Waals surface area (Å²) in [5, 5.41) is 3.08. The number of benzene rings is 1. The van der Waals surface area contributed by atoms with Gasteiger partial charge in [-0.3, -0.25) is 0 Å². The lowest BCUT2D eigenvalue weighted by Gasteiger charge is -2.11. The first-order chi connectivity index (χ1) is 13.8. The van der Waals surface area contributed by atoms with Gasteiger partial charge in [0, 0.05) is 30.6 Å². The quantitative estimate of drug-likeness (QED) is 0.435. The monoisotopic (exact) mass is 421 g/mol. The maximum absolute atomic E-state index is 13.9. The van der Waals surface area contributed by atoms with Gasteiger partial charge in [-0.15, -0.1) is 5.92 Å². The van der Waals surface area contributed by atoms with Crippen molar-refractivity contribution in [3.05, 3.63) is 57.9 Å². The predicted molar refractivity (Wildman–Crippen MR) is 108 cm³/mol. The normalized spacial score (nSPS) is 13.1. The van der Waals surface area contributed by atoms with Gasteiger partial charge in [-0.05, 0) is 26.0 Å². The third kappa shape index (κ3) is 4.50. The van der Waals surface area contributed by atoms with Crippen LogP contribution >= 0.6 is 11.6 Å². The average Bonchev–Trinajstić information content (AvgIpc) is 2.99. The second-order valence-electron chi connectivity index (χ2n) is 6.54. The molecule has 0 saturated heterocycles. The molecule has 0 amide bonds. The standard InChI is InChI=1S/C21H19ClF3N3O/c1-3-5-12-18(8-16(26)11(2)23)29-21-17(9-19(22)28-20(12)21)27-10-13-14(24)6-4-7-15(13)25/h4,6-7,9,11,16H,8,10,26H2,1-2H3,(H,27,28)/t11-,16+/m0/s1. The molecule has 0 bridgehead atoms. The highest BCUT2D eigenvalue weighted by atomic mass is 35.5. The minimum atomic E-state index is -1.25. The first-order valence-electron chi connectivity index (χ1n) is 8.92. The van der Waals surface area contributed by atoms with E-state index in [1.165, 1.54) is 31.2 Å². The summed E-state index contributed by atoms with van der Waals surface area (Å²) in [7, 11) is 0. The van der Waals surface area contributed by atoms with Gasteiger partial charge in [0.05, 0.1) is 11.3 Å². The van der Waals surface area contributed by atoms with Gasteiger partial charge in [0.25, 0.3) is 0 Å². The van der Waals surface area contributed by atoms with Crippen LogP contribution in [-0.4, -0.2) is 17.2 Å². The Morgan fingerprint density at radius 3 is 2.62 bits per heavy atom. The molecule has 29 heavy (non-hydrogen) atoms. The summed E-state index contributed by atoms with van der Waals surface area (Å²) in [5.41, 5.74) is 7.24. The van der Waals surface area contributed by atoms with Crippen LogP contribution in [0.5, 0.6) is 0 Å². The molecule has 2 heterocycles. The molecule has 0 unspecified atom stereocenters. The fourth-order valence-corrected chi connectivity index (χ4v) is 3.06. The van der Waals surface area contributed by atoms with Crippen LogP contribution in [0.2, 0.25) is 5.15 Å². The van der Waals surface area contributed by atoms with Crippen molar-refractivity contribution >= 4 is 28.4 Å². The molecule has 0 aliphatic heterocycles. The van der Waals surface area contributed by atoms with E-state index in [-0.39, 0.29) is 23.7 Å². The number of aromatic nitrogens is 1. The van der Waals surface area contributed by atoms with Crippen molar-refractivity contribution in [1.82, 2.24) is 4.98 Å². The summed E-state index contributed by atoms with van der Waals surface area (Å²) in [6.45, 7) is 2.87. The lowest BCUT2D eigenvalue weighted by Crippen LogP contribution is -2.31. The zero-order valence-corrected chi connectivity index (χ0v) is 16.6. The van der Waals surface area contributed by atoms with Crippen LogP contribution in [-0.2, 0) is 13.0 Å². The van der Waals surface area contributed by atoms with Gasteiger partial charge in [-0.2, -0.15) is 0 Å². The van der Waals surface area contributed by atoms with E-state index in [1.54, 1.807) is 6.92 Å². The molecule has 0 spiro atoms. The second-order valence-corrected chi connectivity index (χ2v) is 6.93. The lowest BCUT2D eigenvalue weighted by molar-refractivity contribution is 0.296. The summed E-state index contributed by atoms with van der Waals surface area (Å²) in [5.74, 6) is 4.70. The van der Waals surface area contributed by atoms with E-state index in [0.717, 1.165) is 0 Å². The molecule has 0 radical (unpaired) electrons. The number of pyridine rings is 1. The van der Waals surface area contributed by atoms with Gasteiger partial charge in [-0.25, -0.2) is 18.2 Å². The smallest absolute Gasteiger partial charge is 0.177 e. The third-order valence-electron chi connectivity index (χ3n) is 4.46. The minimum Gasteiger partial charge on any atom is -0.456 e. The van der Waals surface area contributed by atoms with Crippen LogP contribution in [0.3, 0.4) is 0 Å². The molecule has 4 nitrogen and oxygen atoms in total. The summed E-state index contributed by atoms with van der Waals surface area (Å²) < 4.78 is 47.3. The van der Waals surface area contributed by atoms with Crippen LogP contribution in [0.1, 0.15) is 30.7 Å². The fraction of sp³-hybridized carbons (Fsp3) is 0.286. The fourth-order valence-electron chi connectivity index (χ4n) is 2.87. The number of nitrogens with two attached hydrogens (primary N) is 1. The molecule has 2 atom stereocenters. The van der Waals surface area contributed by atoms with E-state index in [9.17, 15) is 13.2 Å². The van der Waals surface area contributed by atoms with Crippen LogP contribution in [0.4, 0.5) is 18.9 Å². The van der Waals surface area contributed by atoms with Crippen molar-refractivity contribution in [3.8, 4) is 11.8 Å². The number of furan rings is 1. The highest BCUT2D eigenvalue weighted by Gasteiger charge is 2.22. The highest BCUT2D eigenvalue weighted by Crippen LogP contribution is 2.33. The SMILES string of the molecule is CC#Cc1c(C[C@@H](N)[C@H](C)F)oc2c(NCc3c(F)cccc3F)cc(Cl)nc12. The second kappa shape index (κ2) is 8.76. The number of hydrogen-bond donors (Lipinski definition) is 2. The molecule has 0 aliphatic carbocycles. The van der Waals surface area contributed by atoms with E-state index in [2.05, 4.69) is 22.1 Å². The van der Waals surface area contributed by atoms with Crippen LogP contribution in [0.25, 0.3) is 11.1 Å². The molecular formula is C21H19ClF3N3O. The topological polar surface area (TPSA) is 64.1 Å². The lowest BCUT2D eigenvalue weighted by atomic mass is 10.1. The van der Waals surface area contributed by atoms with Crippen molar-refractivity contribution in [3.63, 3.8) is 0 Å². The van der Waals surface area contributed by atoms with Crippen molar-refractivity contribution in [2.24, 2.45) is 5.73 Å². The van der Waals surface area contributed by atoms with Crippen LogP contribution < -0.4 is 11.1 Å². The molecule has 0 aliphatic rings. The van der Waals surface area contributed by atoms with E-state index in [0.29, 0.717) is 28.1 Å². The van der Waals surface area contributed by atoms with Crippen molar-refractivity contribution in [1.29, 1.82) is 0 Å². The summed E-state index contributed by atoms with van der Waals surface area (Å²) in [4.78, 5) is 4.26. The molecule has 1 aromatic carbocycles. The zero-order valence-electron chi connectivity index (χ0n) is 15.8. The number of halogens is 4. The zero-order chi connectivity index (χ0) is 21.1. The van der Waals surface area contributed by atoms with Crippen LogP contribution in [0, 0.1) is 23.5 Å². The van der Waals surface area contributed by atoms with E-state index in [1.807, 2.05) is 0 Å².